The SMILES string of the molecule is CC(C)(C(=O)c1ccc(F)c(F)c1)N1CCNCC1. The van der Waals surface area contributed by atoms with Gasteiger partial charge in [0.05, 0.1) is 5.54 Å². The van der Waals surface area contributed by atoms with Crippen molar-refractivity contribution in [3.63, 3.8) is 0 Å². The summed E-state index contributed by atoms with van der Waals surface area (Å²) < 4.78 is 26.1. The molecule has 3 nitrogen and oxygen atoms in total. The van der Waals surface area contributed by atoms with E-state index in [2.05, 4.69) is 10.2 Å². The van der Waals surface area contributed by atoms with Crippen LogP contribution in [-0.2, 0) is 0 Å². The first-order valence-electron chi connectivity index (χ1n) is 6.38. The third kappa shape index (κ3) is 2.82. The highest BCUT2D eigenvalue weighted by atomic mass is 19.2. The van der Waals surface area contributed by atoms with Crippen LogP contribution in [0.4, 0.5) is 8.78 Å². The van der Waals surface area contributed by atoms with Crippen molar-refractivity contribution in [2.24, 2.45) is 0 Å². The first-order chi connectivity index (χ1) is 8.93. The normalized spacial score (nSPS) is 17.5. The standard InChI is InChI=1S/C14H18F2N2O/c1-14(2,18-7-5-17-6-8-18)13(19)10-3-4-11(15)12(16)9-10/h3-4,9,17H,5-8H2,1-2H3. The number of rotatable bonds is 3. The molecule has 0 aliphatic carbocycles. The van der Waals surface area contributed by atoms with Gasteiger partial charge in [0.15, 0.2) is 17.4 Å². The van der Waals surface area contributed by atoms with Crippen LogP contribution in [0.25, 0.3) is 0 Å². The molecule has 1 aliphatic heterocycles. The van der Waals surface area contributed by atoms with Crippen LogP contribution in [0.2, 0.25) is 0 Å². The van der Waals surface area contributed by atoms with Crippen molar-refractivity contribution in [3.8, 4) is 0 Å². The van der Waals surface area contributed by atoms with Gasteiger partial charge in [-0.1, -0.05) is 0 Å². The predicted octanol–water partition coefficient (Wildman–Crippen LogP) is 1.83. The van der Waals surface area contributed by atoms with Crippen LogP contribution in [-0.4, -0.2) is 42.4 Å². The van der Waals surface area contributed by atoms with Crippen LogP contribution >= 0.6 is 0 Å². The van der Waals surface area contributed by atoms with E-state index in [0.29, 0.717) is 0 Å². The van der Waals surface area contributed by atoms with E-state index in [-0.39, 0.29) is 11.3 Å². The van der Waals surface area contributed by atoms with Gasteiger partial charge in [-0.15, -0.1) is 0 Å². The second-order valence-electron chi connectivity index (χ2n) is 5.25. The molecule has 0 saturated carbocycles. The minimum atomic E-state index is -0.984. The molecule has 1 N–H and O–H groups in total. The number of nitrogens with zero attached hydrogens (tertiary/aromatic N) is 1. The molecule has 0 unspecified atom stereocenters. The van der Waals surface area contributed by atoms with Gasteiger partial charge in [0.1, 0.15) is 0 Å². The maximum Gasteiger partial charge on any atom is 0.182 e. The van der Waals surface area contributed by atoms with Crippen molar-refractivity contribution in [1.82, 2.24) is 10.2 Å². The van der Waals surface area contributed by atoms with Crippen molar-refractivity contribution in [2.45, 2.75) is 19.4 Å². The molecule has 0 amide bonds. The van der Waals surface area contributed by atoms with Crippen LogP contribution in [0.5, 0.6) is 0 Å². The topological polar surface area (TPSA) is 32.3 Å². The van der Waals surface area contributed by atoms with Gasteiger partial charge < -0.3 is 5.32 Å². The minimum absolute atomic E-state index is 0.187. The number of ketones is 1. The number of piperazine rings is 1. The van der Waals surface area contributed by atoms with Crippen molar-refractivity contribution < 1.29 is 13.6 Å². The summed E-state index contributed by atoms with van der Waals surface area (Å²) in [7, 11) is 0. The van der Waals surface area contributed by atoms with Crippen LogP contribution in [0, 0.1) is 11.6 Å². The van der Waals surface area contributed by atoms with Gasteiger partial charge in [-0.05, 0) is 32.0 Å². The van der Waals surface area contributed by atoms with Gasteiger partial charge in [0.25, 0.3) is 0 Å². The first kappa shape index (κ1) is 14.1. The molecule has 104 valence electrons. The van der Waals surface area contributed by atoms with Crippen LogP contribution in [0.3, 0.4) is 0 Å². The van der Waals surface area contributed by atoms with E-state index in [0.717, 1.165) is 38.3 Å². The van der Waals surface area contributed by atoms with E-state index in [1.54, 1.807) is 0 Å². The van der Waals surface area contributed by atoms with Gasteiger partial charge in [0.2, 0.25) is 0 Å². The number of halogens is 2. The maximum absolute atomic E-state index is 13.2. The summed E-state index contributed by atoms with van der Waals surface area (Å²) in [5.74, 6) is -2.10. The molecule has 1 aliphatic rings. The largest absolute Gasteiger partial charge is 0.314 e. The number of Topliss-reactive ketones (excluding diaryl/α,β-unsaturated/α-hetero) is 1. The molecular formula is C14H18F2N2O. The molecule has 0 spiro atoms. The van der Waals surface area contributed by atoms with Crippen LogP contribution in [0.15, 0.2) is 18.2 Å². The molecule has 0 bridgehead atoms. The van der Waals surface area contributed by atoms with Crippen molar-refractivity contribution in [2.75, 3.05) is 26.2 Å². The summed E-state index contributed by atoms with van der Waals surface area (Å²) in [6.45, 7) is 6.83. The molecule has 0 radical (unpaired) electrons. The lowest BCUT2D eigenvalue weighted by molar-refractivity contribution is 0.0602. The average molecular weight is 268 g/mol. The Balaban J connectivity index is 2.23. The van der Waals surface area contributed by atoms with Crippen molar-refractivity contribution in [1.29, 1.82) is 0 Å². The molecule has 1 aromatic carbocycles. The number of nitrogens with one attached hydrogen (secondary N) is 1. The molecule has 1 aromatic rings. The lowest BCUT2D eigenvalue weighted by Gasteiger charge is -2.40. The Morgan fingerprint density at radius 3 is 2.42 bits per heavy atom. The third-order valence-electron chi connectivity index (χ3n) is 3.65. The van der Waals surface area contributed by atoms with E-state index < -0.39 is 17.2 Å². The predicted molar refractivity (Wildman–Crippen MR) is 69.2 cm³/mol. The monoisotopic (exact) mass is 268 g/mol. The van der Waals surface area contributed by atoms with E-state index >= 15 is 0 Å². The Morgan fingerprint density at radius 1 is 1.21 bits per heavy atom. The minimum Gasteiger partial charge on any atom is -0.314 e. The Kier molecular flexibility index (Phi) is 3.96. The van der Waals surface area contributed by atoms with Crippen molar-refractivity contribution in [3.05, 3.63) is 35.4 Å². The lowest BCUT2D eigenvalue weighted by Crippen LogP contribution is -2.57. The molecule has 1 heterocycles. The zero-order chi connectivity index (χ0) is 14.0. The van der Waals surface area contributed by atoms with E-state index in [1.807, 2.05) is 13.8 Å². The number of benzene rings is 1. The van der Waals surface area contributed by atoms with E-state index in [1.165, 1.54) is 6.07 Å². The molecule has 19 heavy (non-hydrogen) atoms. The smallest absolute Gasteiger partial charge is 0.182 e. The molecule has 0 aromatic heterocycles. The summed E-state index contributed by atoms with van der Waals surface area (Å²) in [6, 6.07) is 3.31. The summed E-state index contributed by atoms with van der Waals surface area (Å²) in [6.07, 6.45) is 0. The Labute approximate surface area is 111 Å². The summed E-state index contributed by atoms with van der Waals surface area (Å²) >= 11 is 0. The second-order valence-corrected chi connectivity index (χ2v) is 5.25. The van der Waals surface area contributed by atoms with Gasteiger partial charge in [-0.25, -0.2) is 8.78 Å². The Morgan fingerprint density at radius 2 is 1.84 bits per heavy atom. The summed E-state index contributed by atoms with van der Waals surface area (Å²) in [5.41, 5.74) is -0.505. The molecular weight excluding hydrogens is 250 g/mol. The third-order valence-corrected chi connectivity index (χ3v) is 3.65. The molecule has 5 heteroatoms. The van der Waals surface area contributed by atoms with Gasteiger partial charge in [0, 0.05) is 31.7 Å². The maximum atomic E-state index is 13.2. The highest BCUT2D eigenvalue weighted by molar-refractivity contribution is 6.02. The summed E-state index contributed by atoms with van der Waals surface area (Å²) in [5, 5.41) is 3.22. The van der Waals surface area contributed by atoms with E-state index in [4.69, 9.17) is 0 Å². The fraction of sp³-hybridized carbons (Fsp3) is 0.500. The lowest BCUT2D eigenvalue weighted by atomic mass is 9.90. The molecule has 2 rings (SSSR count). The molecule has 0 atom stereocenters. The van der Waals surface area contributed by atoms with Gasteiger partial charge in [-0.3, -0.25) is 9.69 Å². The summed E-state index contributed by atoms with van der Waals surface area (Å²) in [4.78, 5) is 14.5. The zero-order valence-electron chi connectivity index (χ0n) is 11.2. The molecule has 1 saturated heterocycles. The van der Waals surface area contributed by atoms with Gasteiger partial charge >= 0.3 is 0 Å². The van der Waals surface area contributed by atoms with E-state index in [9.17, 15) is 13.6 Å². The van der Waals surface area contributed by atoms with Gasteiger partial charge in [-0.2, -0.15) is 0 Å². The van der Waals surface area contributed by atoms with Crippen LogP contribution in [0.1, 0.15) is 24.2 Å². The Bertz CT molecular complexity index is 482. The highest BCUT2D eigenvalue weighted by Crippen LogP contribution is 2.22. The number of carbonyl (C=O) groups is 1. The zero-order valence-corrected chi connectivity index (χ0v) is 11.2. The van der Waals surface area contributed by atoms with Crippen molar-refractivity contribution >= 4 is 5.78 Å². The Hall–Kier alpha value is -1.33. The quantitative estimate of drug-likeness (QED) is 0.849. The number of hydrogen-bond acceptors (Lipinski definition) is 3. The fourth-order valence-electron chi connectivity index (χ4n) is 2.36. The average Bonchev–Trinajstić information content (AvgIpc) is 2.42. The first-order valence-corrected chi connectivity index (χ1v) is 6.38. The van der Waals surface area contributed by atoms with Crippen LogP contribution < -0.4 is 5.32 Å². The number of carbonyl (C=O) groups excluding carboxylic acids is 1. The second kappa shape index (κ2) is 5.35. The number of hydrogen-bond donors (Lipinski definition) is 1. The molecule has 1 fully saturated rings. The fourth-order valence-corrected chi connectivity index (χ4v) is 2.36. The highest BCUT2D eigenvalue weighted by Gasteiger charge is 2.35.